The van der Waals surface area contributed by atoms with Crippen LogP contribution in [0.1, 0.15) is 22.5 Å². The monoisotopic (exact) mass is 227 g/mol. The Hall–Kier alpha value is -1.90. The highest BCUT2D eigenvalue weighted by molar-refractivity contribution is 5.58. The van der Waals surface area contributed by atoms with Gasteiger partial charge in [-0.3, -0.25) is 0 Å². The summed E-state index contributed by atoms with van der Waals surface area (Å²) in [6.45, 7) is 8.12. The maximum atomic E-state index is 4.37. The quantitative estimate of drug-likeness (QED) is 0.853. The number of hydrogen-bond donors (Lipinski definition) is 1. The van der Waals surface area contributed by atoms with Crippen molar-refractivity contribution in [1.29, 1.82) is 0 Å². The number of nitrogens with zero attached hydrogens (tertiary/aromatic N) is 2. The van der Waals surface area contributed by atoms with Gasteiger partial charge in [-0.15, -0.1) is 0 Å². The molecule has 17 heavy (non-hydrogen) atoms. The van der Waals surface area contributed by atoms with Crippen molar-refractivity contribution in [3.8, 4) is 0 Å². The molecule has 88 valence electrons. The number of aromatic nitrogens is 2. The molecule has 2 rings (SSSR count). The zero-order chi connectivity index (χ0) is 12.4. The summed E-state index contributed by atoms with van der Waals surface area (Å²) in [5, 5.41) is 3.26. The van der Waals surface area contributed by atoms with E-state index >= 15 is 0 Å². The van der Waals surface area contributed by atoms with Gasteiger partial charge < -0.3 is 5.32 Å². The van der Waals surface area contributed by atoms with Gasteiger partial charge in [0.2, 0.25) is 5.95 Å². The van der Waals surface area contributed by atoms with Crippen LogP contribution in [-0.4, -0.2) is 9.97 Å². The number of anilines is 2. The highest BCUT2D eigenvalue weighted by Crippen LogP contribution is 2.19. The van der Waals surface area contributed by atoms with E-state index in [-0.39, 0.29) is 0 Å². The SMILES string of the molecule is Cc1ccc(Nc2nc(C)cc(C)n2)c(C)c1. The van der Waals surface area contributed by atoms with E-state index in [2.05, 4.69) is 47.3 Å². The van der Waals surface area contributed by atoms with E-state index in [1.807, 2.05) is 19.9 Å². The Balaban J connectivity index is 2.31. The molecule has 0 atom stereocenters. The minimum atomic E-state index is 0.662. The Morgan fingerprint density at radius 3 is 2.12 bits per heavy atom. The molecule has 0 saturated carbocycles. The lowest BCUT2D eigenvalue weighted by Gasteiger charge is -2.09. The molecule has 0 fully saturated rings. The molecule has 0 aliphatic rings. The molecule has 0 radical (unpaired) electrons. The molecule has 0 spiro atoms. The molecule has 1 aromatic heterocycles. The first kappa shape index (κ1) is 11.6. The van der Waals surface area contributed by atoms with Gasteiger partial charge in [-0.25, -0.2) is 9.97 Å². The summed E-state index contributed by atoms with van der Waals surface area (Å²) < 4.78 is 0. The first-order valence-electron chi connectivity index (χ1n) is 5.71. The van der Waals surface area contributed by atoms with Crippen LogP contribution in [0.15, 0.2) is 24.3 Å². The fourth-order valence-electron chi connectivity index (χ4n) is 1.86. The van der Waals surface area contributed by atoms with Crippen LogP contribution in [-0.2, 0) is 0 Å². The van der Waals surface area contributed by atoms with Gasteiger partial charge in [-0.1, -0.05) is 17.7 Å². The van der Waals surface area contributed by atoms with E-state index in [0.717, 1.165) is 17.1 Å². The van der Waals surface area contributed by atoms with Crippen LogP contribution in [0.5, 0.6) is 0 Å². The zero-order valence-electron chi connectivity index (χ0n) is 10.7. The van der Waals surface area contributed by atoms with E-state index in [4.69, 9.17) is 0 Å². The molecule has 1 N–H and O–H groups in total. The standard InChI is InChI=1S/C14H17N3/c1-9-5-6-13(10(2)7-9)17-14-15-11(3)8-12(4)16-14/h5-8H,1-4H3,(H,15,16,17). The summed E-state index contributed by atoms with van der Waals surface area (Å²) >= 11 is 0. The normalized spacial score (nSPS) is 10.4. The van der Waals surface area contributed by atoms with Gasteiger partial charge in [0.25, 0.3) is 0 Å². The summed E-state index contributed by atoms with van der Waals surface area (Å²) in [7, 11) is 0. The van der Waals surface area contributed by atoms with E-state index in [9.17, 15) is 0 Å². The van der Waals surface area contributed by atoms with Crippen molar-refractivity contribution in [3.05, 3.63) is 46.8 Å². The van der Waals surface area contributed by atoms with Crippen LogP contribution in [0.3, 0.4) is 0 Å². The predicted molar refractivity (Wildman–Crippen MR) is 70.7 cm³/mol. The summed E-state index contributed by atoms with van der Waals surface area (Å²) in [6, 6.07) is 8.25. The molecule has 0 saturated heterocycles. The van der Waals surface area contributed by atoms with E-state index < -0.39 is 0 Å². The Bertz CT molecular complexity index is 527. The van der Waals surface area contributed by atoms with Crippen molar-refractivity contribution in [2.24, 2.45) is 0 Å². The van der Waals surface area contributed by atoms with Crippen LogP contribution in [0.4, 0.5) is 11.6 Å². The third kappa shape index (κ3) is 2.81. The maximum Gasteiger partial charge on any atom is 0.227 e. The van der Waals surface area contributed by atoms with Gasteiger partial charge in [-0.05, 0) is 45.4 Å². The summed E-state index contributed by atoms with van der Waals surface area (Å²) in [5.74, 6) is 0.662. The van der Waals surface area contributed by atoms with E-state index in [1.165, 1.54) is 11.1 Å². The van der Waals surface area contributed by atoms with Crippen molar-refractivity contribution in [2.45, 2.75) is 27.7 Å². The largest absolute Gasteiger partial charge is 0.324 e. The number of nitrogens with one attached hydrogen (secondary N) is 1. The lowest BCUT2D eigenvalue weighted by molar-refractivity contribution is 1.06. The van der Waals surface area contributed by atoms with Crippen LogP contribution in [0.25, 0.3) is 0 Å². The van der Waals surface area contributed by atoms with Gasteiger partial charge in [0.05, 0.1) is 0 Å². The van der Waals surface area contributed by atoms with Crippen LogP contribution >= 0.6 is 0 Å². The molecule has 0 aliphatic carbocycles. The molecule has 2 aromatic rings. The maximum absolute atomic E-state index is 4.37. The number of rotatable bonds is 2. The molecule has 3 nitrogen and oxygen atoms in total. The fraction of sp³-hybridized carbons (Fsp3) is 0.286. The number of hydrogen-bond acceptors (Lipinski definition) is 3. The van der Waals surface area contributed by atoms with Gasteiger partial charge in [0.15, 0.2) is 0 Å². The smallest absolute Gasteiger partial charge is 0.227 e. The summed E-state index contributed by atoms with van der Waals surface area (Å²) in [6.07, 6.45) is 0. The average molecular weight is 227 g/mol. The van der Waals surface area contributed by atoms with Gasteiger partial charge in [0, 0.05) is 17.1 Å². The van der Waals surface area contributed by atoms with Crippen LogP contribution < -0.4 is 5.32 Å². The molecule has 1 aromatic carbocycles. The van der Waals surface area contributed by atoms with Crippen molar-refractivity contribution in [1.82, 2.24) is 9.97 Å². The minimum absolute atomic E-state index is 0.662. The average Bonchev–Trinajstić information content (AvgIpc) is 2.21. The zero-order valence-corrected chi connectivity index (χ0v) is 10.7. The molecule has 0 amide bonds. The summed E-state index contributed by atoms with van der Waals surface area (Å²) in [5.41, 5.74) is 5.47. The van der Waals surface area contributed by atoms with Crippen molar-refractivity contribution < 1.29 is 0 Å². The predicted octanol–water partition coefficient (Wildman–Crippen LogP) is 3.45. The summed E-state index contributed by atoms with van der Waals surface area (Å²) in [4.78, 5) is 8.74. The highest BCUT2D eigenvalue weighted by atomic mass is 15.1. The second-order valence-electron chi connectivity index (χ2n) is 4.42. The number of benzene rings is 1. The first-order chi connectivity index (χ1) is 8.04. The van der Waals surface area contributed by atoms with Crippen molar-refractivity contribution >= 4 is 11.6 Å². The Morgan fingerprint density at radius 2 is 1.53 bits per heavy atom. The van der Waals surface area contributed by atoms with Gasteiger partial charge in [-0.2, -0.15) is 0 Å². The Morgan fingerprint density at radius 1 is 0.882 bits per heavy atom. The van der Waals surface area contributed by atoms with E-state index in [0.29, 0.717) is 5.95 Å². The second-order valence-corrected chi connectivity index (χ2v) is 4.42. The van der Waals surface area contributed by atoms with Crippen molar-refractivity contribution in [3.63, 3.8) is 0 Å². The van der Waals surface area contributed by atoms with Crippen LogP contribution in [0, 0.1) is 27.7 Å². The lowest BCUT2D eigenvalue weighted by Crippen LogP contribution is -2.01. The third-order valence-corrected chi connectivity index (χ3v) is 2.61. The lowest BCUT2D eigenvalue weighted by atomic mass is 10.1. The molecular weight excluding hydrogens is 210 g/mol. The number of aryl methyl sites for hydroxylation is 4. The molecule has 3 heteroatoms. The van der Waals surface area contributed by atoms with Crippen LogP contribution in [0.2, 0.25) is 0 Å². The molecule has 0 unspecified atom stereocenters. The van der Waals surface area contributed by atoms with Gasteiger partial charge in [0.1, 0.15) is 0 Å². The third-order valence-electron chi connectivity index (χ3n) is 2.61. The Kier molecular flexibility index (Phi) is 3.09. The van der Waals surface area contributed by atoms with E-state index in [1.54, 1.807) is 0 Å². The van der Waals surface area contributed by atoms with Crippen molar-refractivity contribution in [2.75, 3.05) is 5.32 Å². The first-order valence-corrected chi connectivity index (χ1v) is 5.71. The molecule has 1 heterocycles. The highest BCUT2D eigenvalue weighted by Gasteiger charge is 2.02. The minimum Gasteiger partial charge on any atom is -0.324 e. The second kappa shape index (κ2) is 4.53. The molecule has 0 aliphatic heterocycles. The van der Waals surface area contributed by atoms with Gasteiger partial charge >= 0.3 is 0 Å². The Labute approximate surface area is 102 Å². The fourth-order valence-corrected chi connectivity index (χ4v) is 1.86. The molecule has 0 bridgehead atoms. The molecular formula is C14H17N3. The topological polar surface area (TPSA) is 37.8 Å².